The highest BCUT2D eigenvalue weighted by atomic mass is 19.4. The average molecular weight is 496 g/mol. The van der Waals surface area contributed by atoms with Crippen molar-refractivity contribution in [3.63, 3.8) is 0 Å². The van der Waals surface area contributed by atoms with E-state index < -0.39 is 12.1 Å². The number of rotatable bonds is 8. The second-order valence-corrected chi connectivity index (χ2v) is 8.12. The average Bonchev–Trinajstić information content (AvgIpc) is 2.81. The number of benzene rings is 1. The maximum atomic E-state index is 12.8. The molecule has 2 amide bonds. The lowest BCUT2D eigenvalue weighted by molar-refractivity contribution is -0.185. The molecule has 3 rings (SSSR count). The third kappa shape index (κ3) is 7.04. The van der Waals surface area contributed by atoms with Gasteiger partial charge in [0.25, 0.3) is 5.56 Å². The quantitative estimate of drug-likeness (QED) is 0.583. The highest BCUT2D eigenvalue weighted by Gasteiger charge is 2.41. The second kappa shape index (κ2) is 11.3. The standard InChI is InChI=1S/C23H28F3N5O4/c1-3-30(21(34)23(24,25)26)14-16-5-4-6-17(13-16)28-19(32)8-7-18-15(2)27-22(29-20(18)33)31-9-11-35-12-10-31/h4-6,13H,3,7-12,14H2,1-2H3,(H,28,32)(H,27,29,33). The molecule has 9 nitrogen and oxygen atoms in total. The van der Waals surface area contributed by atoms with Crippen LogP contribution >= 0.6 is 0 Å². The van der Waals surface area contributed by atoms with E-state index in [0.717, 1.165) is 0 Å². The van der Waals surface area contributed by atoms with Gasteiger partial charge in [0.15, 0.2) is 0 Å². The van der Waals surface area contributed by atoms with Crippen molar-refractivity contribution >= 4 is 23.5 Å². The number of anilines is 2. The van der Waals surface area contributed by atoms with Crippen LogP contribution in [-0.2, 0) is 27.3 Å². The minimum Gasteiger partial charge on any atom is -0.378 e. The summed E-state index contributed by atoms with van der Waals surface area (Å²) in [4.78, 5) is 46.4. The van der Waals surface area contributed by atoms with Crippen molar-refractivity contribution in [1.29, 1.82) is 0 Å². The molecule has 0 radical (unpaired) electrons. The number of ether oxygens (including phenoxy) is 1. The molecule has 1 aliphatic rings. The van der Waals surface area contributed by atoms with E-state index >= 15 is 0 Å². The summed E-state index contributed by atoms with van der Waals surface area (Å²) in [5, 5.41) is 2.69. The van der Waals surface area contributed by atoms with Crippen LogP contribution in [0, 0.1) is 6.92 Å². The first-order chi connectivity index (χ1) is 16.6. The van der Waals surface area contributed by atoms with Gasteiger partial charge in [-0.15, -0.1) is 0 Å². The maximum Gasteiger partial charge on any atom is 0.471 e. The van der Waals surface area contributed by atoms with Gasteiger partial charge >= 0.3 is 12.1 Å². The first-order valence-electron chi connectivity index (χ1n) is 11.3. The molecule has 0 atom stereocenters. The van der Waals surface area contributed by atoms with Gasteiger partial charge < -0.3 is 19.9 Å². The molecule has 1 saturated heterocycles. The van der Waals surface area contributed by atoms with E-state index in [1.54, 1.807) is 25.1 Å². The predicted molar refractivity (Wildman–Crippen MR) is 123 cm³/mol. The smallest absolute Gasteiger partial charge is 0.378 e. The van der Waals surface area contributed by atoms with Crippen LogP contribution in [-0.4, -0.2) is 65.7 Å². The molecule has 0 spiro atoms. The molecule has 0 bridgehead atoms. The van der Waals surface area contributed by atoms with Crippen LogP contribution in [0.4, 0.5) is 24.8 Å². The Balaban J connectivity index is 1.60. The van der Waals surface area contributed by atoms with E-state index in [-0.39, 0.29) is 37.4 Å². The van der Waals surface area contributed by atoms with Gasteiger partial charge in [0.1, 0.15) is 0 Å². The van der Waals surface area contributed by atoms with Gasteiger partial charge in [-0.2, -0.15) is 13.2 Å². The van der Waals surface area contributed by atoms with Gasteiger partial charge in [-0.1, -0.05) is 12.1 Å². The number of hydrogen-bond acceptors (Lipinski definition) is 6. The van der Waals surface area contributed by atoms with Crippen molar-refractivity contribution in [3.05, 3.63) is 51.4 Å². The lowest BCUT2D eigenvalue weighted by Crippen LogP contribution is -2.40. The zero-order valence-electron chi connectivity index (χ0n) is 19.6. The van der Waals surface area contributed by atoms with Gasteiger partial charge in [-0.3, -0.25) is 19.4 Å². The Hall–Kier alpha value is -3.41. The molecule has 0 unspecified atom stereocenters. The molecular formula is C23H28F3N5O4. The first kappa shape index (κ1) is 26.2. The molecule has 2 heterocycles. The Morgan fingerprint density at radius 2 is 1.97 bits per heavy atom. The number of morpholine rings is 1. The first-order valence-corrected chi connectivity index (χ1v) is 11.3. The molecular weight excluding hydrogens is 467 g/mol. The number of aromatic nitrogens is 2. The van der Waals surface area contributed by atoms with Crippen LogP contribution in [0.15, 0.2) is 29.1 Å². The molecule has 35 heavy (non-hydrogen) atoms. The van der Waals surface area contributed by atoms with Crippen molar-refractivity contribution in [2.75, 3.05) is 43.1 Å². The maximum absolute atomic E-state index is 12.8. The fraction of sp³-hybridized carbons (Fsp3) is 0.478. The van der Waals surface area contributed by atoms with Crippen LogP contribution in [0.1, 0.15) is 30.2 Å². The van der Waals surface area contributed by atoms with Gasteiger partial charge in [-0.05, 0) is 38.0 Å². The molecule has 12 heteroatoms. The van der Waals surface area contributed by atoms with Crippen molar-refractivity contribution in [3.8, 4) is 0 Å². The summed E-state index contributed by atoms with van der Waals surface area (Å²) in [5.74, 6) is -1.80. The van der Waals surface area contributed by atoms with Gasteiger partial charge in [0.2, 0.25) is 11.9 Å². The summed E-state index contributed by atoms with van der Waals surface area (Å²) in [5.41, 5.74) is 1.48. The normalized spacial score (nSPS) is 14.0. The summed E-state index contributed by atoms with van der Waals surface area (Å²) in [6.07, 6.45) is -4.76. The number of aryl methyl sites for hydroxylation is 1. The van der Waals surface area contributed by atoms with Crippen molar-refractivity contribution in [2.45, 2.75) is 39.4 Å². The lowest BCUT2D eigenvalue weighted by atomic mass is 10.1. The Bertz CT molecular complexity index is 1110. The lowest BCUT2D eigenvalue weighted by Gasteiger charge is -2.27. The van der Waals surface area contributed by atoms with E-state index in [1.807, 2.05) is 4.90 Å². The number of halogens is 3. The Morgan fingerprint density at radius 3 is 2.60 bits per heavy atom. The largest absolute Gasteiger partial charge is 0.471 e. The number of carbonyl (C=O) groups excluding carboxylic acids is 2. The molecule has 1 fully saturated rings. The van der Waals surface area contributed by atoms with Crippen molar-refractivity contribution in [1.82, 2.24) is 14.9 Å². The van der Waals surface area contributed by atoms with E-state index in [2.05, 4.69) is 15.3 Å². The van der Waals surface area contributed by atoms with E-state index in [0.29, 0.717) is 59.7 Å². The third-order valence-electron chi connectivity index (χ3n) is 5.62. The van der Waals surface area contributed by atoms with E-state index in [1.165, 1.54) is 13.0 Å². The topological polar surface area (TPSA) is 108 Å². The molecule has 2 N–H and O–H groups in total. The minimum absolute atomic E-state index is 0.0143. The number of nitrogens with zero attached hydrogens (tertiary/aromatic N) is 3. The van der Waals surface area contributed by atoms with Crippen LogP contribution in [0.25, 0.3) is 0 Å². The second-order valence-electron chi connectivity index (χ2n) is 8.12. The molecule has 1 aliphatic heterocycles. The number of carbonyl (C=O) groups is 2. The number of hydrogen-bond donors (Lipinski definition) is 2. The van der Waals surface area contributed by atoms with Crippen molar-refractivity contribution < 1.29 is 27.5 Å². The Morgan fingerprint density at radius 1 is 1.26 bits per heavy atom. The predicted octanol–water partition coefficient (Wildman–Crippen LogP) is 2.40. The molecule has 0 aliphatic carbocycles. The van der Waals surface area contributed by atoms with Gasteiger partial charge in [0, 0.05) is 49.5 Å². The summed E-state index contributed by atoms with van der Waals surface area (Å²) in [6, 6.07) is 6.27. The Kier molecular flexibility index (Phi) is 8.49. The Labute approximate surface area is 200 Å². The van der Waals surface area contributed by atoms with Crippen LogP contribution in [0.3, 0.4) is 0 Å². The highest BCUT2D eigenvalue weighted by molar-refractivity contribution is 5.91. The van der Waals surface area contributed by atoms with Crippen LogP contribution < -0.4 is 15.8 Å². The minimum atomic E-state index is -4.95. The van der Waals surface area contributed by atoms with Crippen molar-refractivity contribution in [2.24, 2.45) is 0 Å². The monoisotopic (exact) mass is 495 g/mol. The zero-order chi connectivity index (χ0) is 25.6. The fourth-order valence-electron chi connectivity index (χ4n) is 3.75. The number of amides is 2. The van der Waals surface area contributed by atoms with Crippen LogP contribution in [0.5, 0.6) is 0 Å². The molecule has 2 aromatic rings. The molecule has 190 valence electrons. The van der Waals surface area contributed by atoms with E-state index in [9.17, 15) is 27.6 Å². The van der Waals surface area contributed by atoms with E-state index in [4.69, 9.17) is 4.74 Å². The van der Waals surface area contributed by atoms with Gasteiger partial charge in [-0.25, -0.2) is 4.98 Å². The SMILES string of the molecule is CCN(Cc1cccc(NC(=O)CCc2c(C)nc(N3CCOCC3)[nH]c2=O)c1)C(=O)C(F)(F)F. The fourth-order valence-corrected chi connectivity index (χ4v) is 3.75. The summed E-state index contributed by atoms with van der Waals surface area (Å²) >= 11 is 0. The van der Waals surface area contributed by atoms with Crippen LogP contribution in [0.2, 0.25) is 0 Å². The highest BCUT2D eigenvalue weighted by Crippen LogP contribution is 2.21. The molecule has 1 aromatic heterocycles. The molecule has 1 aromatic carbocycles. The number of aromatic amines is 1. The number of H-pyrrole nitrogens is 1. The zero-order valence-corrected chi connectivity index (χ0v) is 19.6. The third-order valence-corrected chi connectivity index (χ3v) is 5.62. The molecule has 0 saturated carbocycles. The number of alkyl halides is 3. The summed E-state index contributed by atoms with van der Waals surface area (Å²) in [6.45, 7) is 5.20. The summed E-state index contributed by atoms with van der Waals surface area (Å²) < 4.78 is 43.6. The van der Waals surface area contributed by atoms with Gasteiger partial charge in [0.05, 0.1) is 13.2 Å². The summed E-state index contributed by atoms with van der Waals surface area (Å²) in [7, 11) is 0. The number of nitrogens with one attached hydrogen (secondary N) is 2.